The van der Waals surface area contributed by atoms with Gasteiger partial charge in [-0.1, -0.05) is 6.07 Å². The molecule has 2 aromatic rings. The third-order valence-electron chi connectivity index (χ3n) is 3.74. The lowest BCUT2D eigenvalue weighted by molar-refractivity contribution is -0.121. The SMILES string of the molecule is O=C(Nc1cccnc1)C1CCCN(C(=O)c2cccs2)C1. The Kier molecular flexibility index (Phi) is 4.48. The Bertz CT molecular complexity index is 643. The minimum Gasteiger partial charge on any atom is -0.337 e. The molecule has 0 saturated carbocycles. The first-order chi connectivity index (χ1) is 10.7. The van der Waals surface area contributed by atoms with Gasteiger partial charge < -0.3 is 10.2 Å². The zero-order valence-electron chi connectivity index (χ0n) is 12.1. The molecule has 2 amide bonds. The average molecular weight is 315 g/mol. The summed E-state index contributed by atoms with van der Waals surface area (Å²) in [4.78, 5) is 31.2. The molecule has 0 aromatic carbocycles. The molecule has 1 unspecified atom stereocenters. The Morgan fingerprint density at radius 3 is 2.95 bits per heavy atom. The van der Waals surface area contributed by atoms with Crippen LogP contribution in [-0.2, 0) is 4.79 Å². The second kappa shape index (κ2) is 6.70. The van der Waals surface area contributed by atoms with Crippen LogP contribution in [0.2, 0.25) is 0 Å². The van der Waals surface area contributed by atoms with Crippen LogP contribution in [0.3, 0.4) is 0 Å². The van der Waals surface area contributed by atoms with Gasteiger partial charge in [0.05, 0.1) is 22.7 Å². The van der Waals surface area contributed by atoms with Crippen LogP contribution in [0.5, 0.6) is 0 Å². The lowest BCUT2D eigenvalue weighted by atomic mass is 9.97. The molecule has 0 radical (unpaired) electrons. The lowest BCUT2D eigenvalue weighted by Gasteiger charge is -2.31. The van der Waals surface area contributed by atoms with Crippen molar-refractivity contribution >= 4 is 28.8 Å². The summed E-state index contributed by atoms with van der Waals surface area (Å²) in [6, 6.07) is 7.28. The van der Waals surface area contributed by atoms with Gasteiger partial charge in [-0.15, -0.1) is 11.3 Å². The van der Waals surface area contributed by atoms with Crippen molar-refractivity contribution in [1.82, 2.24) is 9.88 Å². The summed E-state index contributed by atoms with van der Waals surface area (Å²) in [5.41, 5.74) is 0.689. The number of nitrogens with zero attached hydrogens (tertiary/aromatic N) is 2. The van der Waals surface area contributed by atoms with Gasteiger partial charge in [-0.05, 0) is 36.4 Å². The number of hydrogen-bond donors (Lipinski definition) is 1. The fourth-order valence-electron chi connectivity index (χ4n) is 2.61. The summed E-state index contributed by atoms with van der Waals surface area (Å²) in [5.74, 6) is -0.191. The maximum absolute atomic E-state index is 12.4. The van der Waals surface area contributed by atoms with Gasteiger partial charge in [0.25, 0.3) is 5.91 Å². The molecular formula is C16H17N3O2S. The van der Waals surface area contributed by atoms with E-state index in [-0.39, 0.29) is 17.7 Å². The predicted octanol–water partition coefficient (Wildman–Crippen LogP) is 2.63. The van der Waals surface area contributed by atoms with Crippen molar-refractivity contribution in [2.24, 2.45) is 5.92 Å². The maximum atomic E-state index is 12.4. The van der Waals surface area contributed by atoms with Crippen molar-refractivity contribution in [1.29, 1.82) is 0 Å². The largest absolute Gasteiger partial charge is 0.337 e. The summed E-state index contributed by atoms with van der Waals surface area (Å²) >= 11 is 1.44. The monoisotopic (exact) mass is 315 g/mol. The number of rotatable bonds is 3. The smallest absolute Gasteiger partial charge is 0.263 e. The zero-order chi connectivity index (χ0) is 15.4. The second-order valence-electron chi connectivity index (χ2n) is 5.30. The standard InChI is InChI=1S/C16H17N3O2S/c20-15(18-13-5-1-7-17-10-13)12-4-2-8-19(11-12)16(21)14-6-3-9-22-14/h1,3,5-7,9-10,12H,2,4,8,11H2,(H,18,20). The molecule has 1 aliphatic heterocycles. The third-order valence-corrected chi connectivity index (χ3v) is 4.60. The second-order valence-corrected chi connectivity index (χ2v) is 6.25. The topological polar surface area (TPSA) is 62.3 Å². The third kappa shape index (κ3) is 3.33. The van der Waals surface area contributed by atoms with Crippen molar-refractivity contribution in [3.8, 4) is 0 Å². The molecule has 0 spiro atoms. The van der Waals surface area contributed by atoms with Crippen molar-refractivity contribution in [2.45, 2.75) is 12.8 Å². The van der Waals surface area contributed by atoms with E-state index in [1.807, 2.05) is 23.6 Å². The van der Waals surface area contributed by atoms with Gasteiger partial charge in [0, 0.05) is 19.3 Å². The molecule has 0 aliphatic carbocycles. The van der Waals surface area contributed by atoms with Gasteiger partial charge in [-0.25, -0.2) is 0 Å². The molecule has 3 heterocycles. The quantitative estimate of drug-likeness (QED) is 0.947. The predicted molar refractivity (Wildman–Crippen MR) is 85.8 cm³/mol. The van der Waals surface area contributed by atoms with Crippen LogP contribution >= 0.6 is 11.3 Å². The van der Waals surface area contributed by atoms with Crippen LogP contribution in [0, 0.1) is 5.92 Å². The molecular weight excluding hydrogens is 298 g/mol. The van der Waals surface area contributed by atoms with E-state index in [1.54, 1.807) is 23.4 Å². The number of carbonyl (C=O) groups is 2. The van der Waals surface area contributed by atoms with Gasteiger partial charge in [0.15, 0.2) is 0 Å². The first kappa shape index (κ1) is 14.7. The highest BCUT2D eigenvalue weighted by atomic mass is 32.1. The molecule has 1 N–H and O–H groups in total. The van der Waals surface area contributed by atoms with Gasteiger partial charge >= 0.3 is 0 Å². The number of piperidine rings is 1. The van der Waals surface area contributed by atoms with Crippen LogP contribution in [0.25, 0.3) is 0 Å². The molecule has 1 atom stereocenters. The number of anilines is 1. The Morgan fingerprint density at radius 1 is 1.32 bits per heavy atom. The maximum Gasteiger partial charge on any atom is 0.263 e. The normalized spacial score (nSPS) is 18.0. The van der Waals surface area contributed by atoms with E-state index < -0.39 is 0 Å². The first-order valence-electron chi connectivity index (χ1n) is 7.28. The minimum absolute atomic E-state index is 0.0221. The van der Waals surface area contributed by atoms with Crippen LogP contribution in [0.4, 0.5) is 5.69 Å². The average Bonchev–Trinajstić information content (AvgIpc) is 3.09. The van der Waals surface area contributed by atoms with Crippen molar-refractivity contribution < 1.29 is 9.59 Å². The summed E-state index contributed by atoms with van der Waals surface area (Å²) in [6.07, 6.45) is 4.94. The number of hydrogen-bond acceptors (Lipinski definition) is 4. The van der Waals surface area contributed by atoms with Crippen LogP contribution in [0.15, 0.2) is 42.0 Å². The number of aromatic nitrogens is 1. The fourth-order valence-corrected chi connectivity index (χ4v) is 3.30. The summed E-state index contributed by atoms with van der Waals surface area (Å²) < 4.78 is 0. The number of thiophene rings is 1. The first-order valence-corrected chi connectivity index (χ1v) is 8.15. The fraction of sp³-hybridized carbons (Fsp3) is 0.312. The van der Waals surface area contributed by atoms with Crippen molar-refractivity contribution in [3.05, 3.63) is 46.9 Å². The highest BCUT2D eigenvalue weighted by Gasteiger charge is 2.29. The highest BCUT2D eigenvalue weighted by molar-refractivity contribution is 7.12. The number of likely N-dealkylation sites (tertiary alicyclic amines) is 1. The number of amides is 2. The van der Waals surface area contributed by atoms with E-state index in [2.05, 4.69) is 10.3 Å². The van der Waals surface area contributed by atoms with E-state index in [0.29, 0.717) is 18.8 Å². The Hall–Kier alpha value is -2.21. The number of pyridine rings is 1. The van der Waals surface area contributed by atoms with Gasteiger partial charge in [0.2, 0.25) is 5.91 Å². The van der Waals surface area contributed by atoms with Crippen LogP contribution in [-0.4, -0.2) is 34.8 Å². The molecule has 1 fully saturated rings. The molecule has 22 heavy (non-hydrogen) atoms. The number of nitrogens with one attached hydrogen (secondary N) is 1. The van der Waals surface area contributed by atoms with Gasteiger partial charge in [-0.2, -0.15) is 0 Å². The Labute approximate surface area is 133 Å². The van der Waals surface area contributed by atoms with Gasteiger partial charge in [0.1, 0.15) is 0 Å². The zero-order valence-corrected chi connectivity index (χ0v) is 12.9. The van der Waals surface area contributed by atoms with Crippen molar-refractivity contribution in [2.75, 3.05) is 18.4 Å². The van der Waals surface area contributed by atoms with E-state index in [1.165, 1.54) is 11.3 Å². The summed E-state index contributed by atoms with van der Waals surface area (Å²) in [7, 11) is 0. The molecule has 3 rings (SSSR count). The number of carbonyl (C=O) groups excluding carboxylic acids is 2. The molecule has 1 saturated heterocycles. The highest BCUT2D eigenvalue weighted by Crippen LogP contribution is 2.21. The molecule has 6 heteroatoms. The van der Waals surface area contributed by atoms with E-state index >= 15 is 0 Å². The Balaban J connectivity index is 1.63. The summed E-state index contributed by atoms with van der Waals surface area (Å²) in [5, 5.41) is 4.76. The van der Waals surface area contributed by atoms with Crippen LogP contribution < -0.4 is 5.32 Å². The lowest BCUT2D eigenvalue weighted by Crippen LogP contribution is -2.43. The van der Waals surface area contributed by atoms with Gasteiger partial charge in [-0.3, -0.25) is 14.6 Å². The Morgan fingerprint density at radius 2 is 2.23 bits per heavy atom. The van der Waals surface area contributed by atoms with E-state index in [4.69, 9.17) is 0 Å². The van der Waals surface area contributed by atoms with Crippen molar-refractivity contribution in [3.63, 3.8) is 0 Å². The van der Waals surface area contributed by atoms with E-state index in [9.17, 15) is 9.59 Å². The molecule has 114 valence electrons. The molecule has 5 nitrogen and oxygen atoms in total. The van der Waals surface area contributed by atoms with E-state index in [0.717, 1.165) is 17.7 Å². The molecule has 1 aliphatic rings. The summed E-state index contributed by atoms with van der Waals surface area (Å²) in [6.45, 7) is 1.19. The molecule has 2 aromatic heterocycles. The molecule has 0 bridgehead atoms. The minimum atomic E-state index is -0.169. The van der Waals surface area contributed by atoms with Crippen LogP contribution in [0.1, 0.15) is 22.5 Å².